The molecular weight excluding hydrogens is 151 g/mol. The minimum absolute atomic E-state index is 0.0355. The summed E-state index contributed by atoms with van der Waals surface area (Å²) in [5, 5.41) is 1.47. The molecule has 1 aromatic heterocycles. The molecule has 0 saturated carbocycles. The molecule has 0 N–H and O–H groups in total. The van der Waals surface area contributed by atoms with Crippen molar-refractivity contribution in [2.24, 2.45) is 6.66 Å². The normalized spacial score (nSPS) is 10.5. The average Bonchev–Trinajstić information content (AvgIpc) is 2.07. The smallest absolute Gasteiger partial charge is 0.0256 e. The Bertz CT molecular complexity index is 245. The van der Waals surface area contributed by atoms with Crippen molar-refractivity contribution < 1.29 is 0 Å². The number of rotatable bonds is 0. The molecule has 1 heteroatoms. The van der Waals surface area contributed by atoms with E-state index in [9.17, 15) is 0 Å². The molecule has 11 heavy (non-hydrogen) atoms. The van der Waals surface area contributed by atoms with Gasteiger partial charge in [0, 0.05) is 0 Å². The minimum Gasteiger partial charge on any atom is -0.125 e. The van der Waals surface area contributed by atoms with E-state index >= 15 is 0 Å². The third kappa shape index (κ3) is 2.78. The van der Waals surface area contributed by atoms with Gasteiger partial charge in [-0.25, -0.2) is 0 Å². The molecule has 0 spiro atoms. The van der Waals surface area contributed by atoms with Crippen LogP contribution in [-0.2, 0) is 6.66 Å². The van der Waals surface area contributed by atoms with E-state index in [4.69, 9.17) is 0 Å². The van der Waals surface area contributed by atoms with Crippen LogP contribution in [0.3, 0.4) is 0 Å². The van der Waals surface area contributed by atoms with Crippen LogP contribution in [0.4, 0.5) is 0 Å². The van der Waals surface area contributed by atoms with Crippen LogP contribution in [0.2, 0.25) is 0 Å². The van der Waals surface area contributed by atoms with Gasteiger partial charge in [-0.1, -0.05) is 36.4 Å². The van der Waals surface area contributed by atoms with Gasteiger partial charge in [0.05, 0.1) is 0 Å². The maximum absolute atomic E-state index is 2.27. The van der Waals surface area contributed by atoms with Crippen molar-refractivity contribution in [3.63, 3.8) is 0 Å². The maximum Gasteiger partial charge on any atom is -0.0256 e. The predicted octanol–water partition coefficient (Wildman–Crippen LogP) is 3.64. The van der Waals surface area contributed by atoms with E-state index in [-0.39, 0.29) is 7.53 Å². The summed E-state index contributed by atoms with van der Waals surface area (Å²) in [5.41, 5.74) is 0. The van der Waals surface area contributed by atoms with E-state index in [1.54, 1.807) is 0 Å². The summed E-state index contributed by atoms with van der Waals surface area (Å²) in [4.78, 5) is 0. The zero-order chi connectivity index (χ0) is 8.10. The number of hydrogen-bond acceptors (Lipinski definition) is 0. The minimum atomic E-state index is -0.0355. The van der Waals surface area contributed by atoms with Crippen molar-refractivity contribution in [3.8, 4) is 0 Å². The second kappa shape index (κ2) is 4.20. The fourth-order valence-corrected chi connectivity index (χ4v) is 1.72. The molecule has 1 heterocycles. The SMILES string of the molecule is Cc1cccccccp1C. The lowest BCUT2D eigenvalue weighted by Gasteiger charge is -1.90. The summed E-state index contributed by atoms with van der Waals surface area (Å²) in [6.07, 6.45) is 0. The van der Waals surface area contributed by atoms with E-state index in [1.165, 1.54) is 5.30 Å². The lowest BCUT2D eigenvalue weighted by atomic mass is 10.4. The average molecular weight is 164 g/mol. The molecule has 0 bridgehead atoms. The molecule has 0 amide bonds. The van der Waals surface area contributed by atoms with E-state index in [0.29, 0.717) is 0 Å². The van der Waals surface area contributed by atoms with Crippen molar-refractivity contribution in [1.82, 2.24) is 0 Å². The van der Waals surface area contributed by atoms with Crippen molar-refractivity contribution in [3.05, 3.63) is 47.5 Å². The maximum atomic E-state index is 2.27. The largest absolute Gasteiger partial charge is 0.125 e. The quantitative estimate of drug-likeness (QED) is 0.549. The van der Waals surface area contributed by atoms with Gasteiger partial charge < -0.3 is 0 Å². The fourth-order valence-electron chi connectivity index (χ4n) is 0.801. The summed E-state index contributed by atoms with van der Waals surface area (Å²) < 4.78 is 0. The third-order valence-corrected chi connectivity index (χ3v) is 3.53. The van der Waals surface area contributed by atoms with Gasteiger partial charge in [0.25, 0.3) is 0 Å². The van der Waals surface area contributed by atoms with Crippen molar-refractivity contribution in [2.75, 3.05) is 0 Å². The lowest BCUT2D eigenvalue weighted by Crippen LogP contribution is -1.57. The Kier molecular flexibility index (Phi) is 3.19. The molecular formula is C10H13P. The number of hydrogen-bond donors (Lipinski definition) is 0. The van der Waals surface area contributed by atoms with Gasteiger partial charge in [0.1, 0.15) is 0 Å². The van der Waals surface area contributed by atoms with Gasteiger partial charge in [0.15, 0.2) is 0 Å². The molecule has 0 radical (unpaired) electrons. The van der Waals surface area contributed by atoms with Crippen LogP contribution >= 0.6 is 7.53 Å². The first-order chi connectivity index (χ1) is 5.30. The van der Waals surface area contributed by atoms with Gasteiger partial charge in [-0.15, -0.1) is 7.53 Å². The van der Waals surface area contributed by atoms with E-state index < -0.39 is 0 Å². The van der Waals surface area contributed by atoms with Gasteiger partial charge >= 0.3 is 0 Å². The van der Waals surface area contributed by atoms with E-state index in [2.05, 4.69) is 55.8 Å². The van der Waals surface area contributed by atoms with Crippen molar-refractivity contribution in [1.29, 1.82) is 0 Å². The molecule has 0 fully saturated rings. The first-order valence-corrected chi connectivity index (χ1v) is 5.58. The zero-order valence-electron chi connectivity index (χ0n) is 6.99. The highest BCUT2D eigenvalue weighted by Crippen LogP contribution is 2.23. The van der Waals surface area contributed by atoms with Gasteiger partial charge in [0.2, 0.25) is 0 Å². The molecule has 0 aliphatic heterocycles. The fraction of sp³-hybridized carbons (Fsp3) is 0.200. The molecule has 0 saturated heterocycles. The lowest BCUT2D eigenvalue weighted by molar-refractivity contribution is 1.61. The Morgan fingerprint density at radius 2 is 1.64 bits per heavy atom. The molecule has 1 atom stereocenters. The van der Waals surface area contributed by atoms with E-state index in [1.807, 2.05) is 0 Å². The molecule has 0 aliphatic carbocycles. The van der Waals surface area contributed by atoms with Crippen molar-refractivity contribution >= 4 is 7.53 Å². The summed E-state index contributed by atoms with van der Waals surface area (Å²) in [6, 6.07) is 12.6. The van der Waals surface area contributed by atoms with E-state index in [0.717, 1.165) is 0 Å². The monoisotopic (exact) mass is 164 g/mol. The van der Waals surface area contributed by atoms with Gasteiger partial charge in [-0.3, -0.25) is 0 Å². The van der Waals surface area contributed by atoms with Crippen LogP contribution in [0.1, 0.15) is 5.30 Å². The molecule has 0 aliphatic rings. The third-order valence-electron chi connectivity index (χ3n) is 1.65. The topological polar surface area (TPSA) is 0 Å². The highest BCUT2D eigenvalue weighted by atomic mass is 31.1. The summed E-state index contributed by atoms with van der Waals surface area (Å²) in [7, 11) is -0.0355. The van der Waals surface area contributed by atoms with Crippen molar-refractivity contribution in [2.45, 2.75) is 6.92 Å². The molecule has 58 valence electrons. The van der Waals surface area contributed by atoms with Crippen LogP contribution in [0.15, 0.2) is 42.2 Å². The highest BCUT2D eigenvalue weighted by Gasteiger charge is 1.80. The summed E-state index contributed by atoms with van der Waals surface area (Å²) >= 11 is 0. The zero-order valence-corrected chi connectivity index (χ0v) is 7.88. The predicted molar refractivity (Wildman–Crippen MR) is 52.5 cm³/mol. The van der Waals surface area contributed by atoms with Crippen LogP contribution in [0.5, 0.6) is 0 Å². The summed E-state index contributed by atoms with van der Waals surface area (Å²) in [5.74, 6) is 2.27. The molecule has 0 aromatic carbocycles. The highest BCUT2D eigenvalue weighted by molar-refractivity contribution is 7.47. The standard InChI is InChI=1S/C10H13P/c1-10-8-6-4-3-5-7-9-11(10)2/h3-9H,1-2H3. The number of aryl methyl sites for hydroxylation is 2. The van der Waals surface area contributed by atoms with Gasteiger partial charge in [-0.2, -0.15) is 0 Å². The Hall–Kier alpha value is -0.740. The van der Waals surface area contributed by atoms with Gasteiger partial charge in [-0.05, 0) is 24.7 Å². The Morgan fingerprint density at radius 3 is 2.45 bits per heavy atom. The van der Waals surface area contributed by atoms with Crippen LogP contribution in [-0.4, -0.2) is 0 Å². The van der Waals surface area contributed by atoms with Crippen LogP contribution in [0.25, 0.3) is 0 Å². The Balaban J connectivity index is 3.28. The first-order valence-electron chi connectivity index (χ1n) is 3.72. The Labute approximate surface area is 69.3 Å². The van der Waals surface area contributed by atoms with Crippen LogP contribution in [0, 0.1) is 6.92 Å². The Morgan fingerprint density at radius 1 is 1.00 bits per heavy atom. The molecule has 1 unspecified atom stereocenters. The molecule has 0 nitrogen and oxygen atoms in total. The summed E-state index contributed by atoms with van der Waals surface area (Å²) in [6.45, 7) is 4.45. The second-order valence-electron chi connectivity index (χ2n) is 2.53. The van der Waals surface area contributed by atoms with Crippen LogP contribution < -0.4 is 0 Å². The molecule has 1 aromatic rings. The molecule has 1 rings (SSSR count). The first kappa shape index (κ1) is 8.36. The second-order valence-corrected chi connectivity index (χ2v) is 4.76.